The average Bonchev–Trinajstić information content (AvgIpc) is 2.88. The standard InChI is InChI=1S/C15H14BrN3O/c1-20-14-5-4-11(16)7-13(14)18-8-10-9-19-15-12(10)3-2-6-17-15/h2-7,9,18H,8H2,1H3,(H,17,19). The van der Waals surface area contributed by atoms with E-state index in [0.717, 1.165) is 26.9 Å². The number of hydrogen-bond acceptors (Lipinski definition) is 3. The van der Waals surface area contributed by atoms with E-state index in [1.165, 1.54) is 5.56 Å². The summed E-state index contributed by atoms with van der Waals surface area (Å²) in [6, 6.07) is 9.90. The van der Waals surface area contributed by atoms with Crippen LogP contribution < -0.4 is 10.1 Å². The molecule has 5 heteroatoms. The fourth-order valence-electron chi connectivity index (χ4n) is 2.17. The summed E-state index contributed by atoms with van der Waals surface area (Å²) >= 11 is 3.47. The Kier molecular flexibility index (Phi) is 3.60. The lowest BCUT2D eigenvalue weighted by Gasteiger charge is -2.11. The monoisotopic (exact) mass is 331 g/mol. The molecule has 2 N–H and O–H groups in total. The zero-order valence-corrected chi connectivity index (χ0v) is 12.6. The molecular formula is C15H14BrN3O. The molecule has 0 bridgehead atoms. The molecule has 2 aromatic heterocycles. The predicted molar refractivity (Wildman–Crippen MR) is 84.1 cm³/mol. The number of anilines is 1. The maximum absolute atomic E-state index is 5.35. The molecular weight excluding hydrogens is 318 g/mol. The third kappa shape index (κ3) is 2.49. The van der Waals surface area contributed by atoms with Gasteiger partial charge in [0.1, 0.15) is 11.4 Å². The zero-order chi connectivity index (χ0) is 13.9. The van der Waals surface area contributed by atoms with Crippen LogP contribution in [0.25, 0.3) is 11.0 Å². The third-order valence-corrected chi connectivity index (χ3v) is 3.66. The lowest BCUT2D eigenvalue weighted by atomic mass is 10.2. The van der Waals surface area contributed by atoms with Crippen LogP contribution in [0.5, 0.6) is 5.75 Å². The van der Waals surface area contributed by atoms with Crippen molar-refractivity contribution < 1.29 is 4.74 Å². The van der Waals surface area contributed by atoms with Gasteiger partial charge < -0.3 is 15.0 Å². The van der Waals surface area contributed by atoms with E-state index in [0.29, 0.717) is 6.54 Å². The Morgan fingerprint density at radius 1 is 1.35 bits per heavy atom. The predicted octanol–water partition coefficient (Wildman–Crippen LogP) is 3.95. The summed E-state index contributed by atoms with van der Waals surface area (Å²) in [6.07, 6.45) is 3.77. The number of H-pyrrole nitrogens is 1. The summed E-state index contributed by atoms with van der Waals surface area (Å²) in [6.45, 7) is 0.707. The summed E-state index contributed by atoms with van der Waals surface area (Å²) in [4.78, 5) is 7.46. The third-order valence-electron chi connectivity index (χ3n) is 3.17. The zero-order valence-electron chi connectivity index (χ0n) is 11.0. The molecule has 102 valence electrons. The van der Waals surface area contributed by atoms with Gasteiger partial charge in [-0.25, -0.2) is 4.98 Å². The van der Waals surface area contributed by atoms with Crippen LogP contribution in [0.1, 0.15) is 5.56 Å². The van der Waals surface area contributed by atoms with Gasteiger partial charge in [-0.15, -0.1) is 0 Å². The maximum Gasteiger partial charge on any atom is 0.142 e. The van der Waals surface area contributed by atoms with Crippen LogP contribution in [-0.2, 0) is 6.54 Å². The first-order valence-electron chi connectivity index (χ1n) is 6.26. The van der Waals surface area contributed by atoms with E-state index >= 15 is 0 Å². The van der Waals surface area contributed by atoms with Crippen molar-refractivity contribution in [1.82, 2.24) is 9.97 Å². The molecule has 20 heavy (non-hydrogen) atoms. The van der Waals surface area contributed by atoms with E-state index in [4.69, 9.17) is 4.74 Å². The number of nitrogens with one attached hydrogen (secondary N) is 2. The molecule has 3 rings (SSSR count). The van der Waals surface area contributed by atoms with Crippen LogP contribution in [0.3, 0.4) is 0 Å². The first kappa shape index (κ1) is 13.0. The molecule has 0 spiro atoms. The number of fused-ring (bicyclic) bond motifs is 1. The fraction of sp³-hybridized carbons (Fsp3) is 0.133. The molecule has 0 aliphatic heterocycles. The molecule has 0 atom stereocenters. The van der Waals surface area contributed by atoms with Gasteiger partial charge >= 0.3 is 0 Å². The number of nitrogens with zero attached hydrogens (tertiary/aromatic N) is 1. The molecule has 0 saturated carbocycles. The Morgan fingerprint density at radius 3 is 3.10 bits per heavy atom. The number of methoxy groups -OCH3 is 1. The van der Waals surface area contributed by atoms with Gasteiger partial charge in [0.15, 0.2) is 0 Å². The fourth-order valence-corrected chi connectivity index (χ4v) is 2.53. The van der Waals surface area contributed by atoms with Gasteiger partial charge in [0.05, 0.1) is 12.8 Å². The molecule has 0 aliphatic rings. The lowest BCUT2D eigenvalue weighted by molar-refractivity contribution is 0.416. The van der Waals surface area contributed by atoms with Gasteiger partial charge in [-0.2, -0.15) is 0 Å². The molecule has 0 aliphatic carbocycles. The number of halogens is 1. The molecule has 0 unspecified atom stereocenters. The summed E-state index contributed by atoms with van der Waals surface area (Å²) in [5.41, 5.74) is 3.04. The van der Waals surface area contributed by atoms with E-state index in [1.54, 1.807) is 13.3 Å². The highest BCUT2D eigenvalue weighted by molar-refractivity contribution is 9.10. The summed E-state index contributed by atoms with van der Waals surface area (Å²) < 4.78 is 6.37. The summed E-state index contributed by atoms with van der Waals surface area (Å²) in [5.74, 6) is 0.825. The quantitative estimate of drug-likeness (QED) is 0.761. The van der Waals surface area contributed by atoms with Gasteiger partial charge in [-0.3, -0.25) is 0 Å². The number of aromatic amines is 1. The minimum atomic E-state index is 0.707. The smallest absolute Gasteiger partial charge is 0.142 e. The highest BCUT2D eigenvalue weighted by atomic mass is 79.9. The van der Waals surface area contributed by atoms with Crippen molar-refractivity contribution in [3.8, 4) is 5.75 Å². The van der Waals surface area contributed by atoms with Crippen molar-refractivity contribution in [1.29, 1.82) is 0 Å². The number of rotatable bonds is 4. The molecule has 2 heterocycles. The second-order valence-electron chi connectivity index (χ2n) is 4.41. The Labute approximate surface area is 125 Å². The number of pyridine rings is 1. The maximum atomic E-state index is 5.35. The topological polar surface area (TPSA) is 49.9 Å². The minimum absolute atomic E-state index is 0.707. The SMILES string of the molecule is COc1ccc(Br)cc1NCc1c[nH]c2ncccc12. The first-order chi connectivity index (χ1) is 9.78. The first-order valence-corrected chi connectivity index (χ1v) is 7.05. The molecule has 3 aromatic rings. The molecule has 4 nitrogen and oxygen atoms in total. The Hall–Kier alpha value is -2.01. The van der Waals surface area contributed by atoms with Crippen molar-refractivity contribution in [3.63, 3.8) is 0 Å². The lowest BCUT2D eigenvalue weighted by Crippen LogP contribution is -2.01. The van der Waals surface area contributed by atoms with Crippen molar-refractivity contribution in [2.75, 3.05) is 12.4 Å². The van der Waals surface area contributed by atoms with Gasteiger partial charge in [-0.1, -0.05) is 15.9 Å². The van der Waals surface area contributed by atoms with E-state index in [9.17, 15) is 0 Å². The highest BCUT2D eigenvalue weighted by Crippen LogP contribution is 2.28. The van der Waals surface area contributed by atoms with Crippen LogP contribution in [0, 0.1) is 0 Å². The molecule has 0 saturated heterocycles. The second-order valence-corrected chi connectivity index (χ2v) is 5.33. The van der Waals surface area contributed by atoms with Gasteiger partial charge in [0.25, 0.3) is 0 Å². The Balaban J connectivity index is 1.84. The minimum Gasteiger partial charge on any atom is -0.495 e. The van der Waals surface area contributed by atoms with Gasteiger partial charge in [0.2, 0.25) is 0 Å². The van der Waals surface area contributed by atoms with Crippen LogP contribution in [0.4, 0.5) is 5.69 Å². The van der Waals surface area contributed by atoms with E-state index in [1.807, 2.05) is 30.5 Å². The van der Waals surface area contributed by atoms with Crippen molar-refractivity contribution >= 4 is 32.7 Å². The number of benzene rings is 1. The largest absolute Gasteiger partial charge is 0.495 e. The van der Waals surface area contributed by atoms with Crippen LogP contribution in [0.15, 0.2) is 47.2 Å². The highest BCUT2D eigenvalue weighted by Gasteiger charge is 2.06. The normalized spacial score (nSPS) is 10.7. The van der Waals surface area contributed by atoms with Crippen LogP contribution in [0.2, 0.25) is 0 Å². The number of ether oxygens (including phenoxy) is 1. The van der Waals surface area contributed by atoms with Crippen LogP contribution in [-0.4, -0.2) is 17.1 Å². The average molecular weight is 332 g/mol. The summed E-state index contributed by atoms with van der Waals surface area (Å²) in [7, 11) is 1.67. The molecule has 0 amide bonds. The second kappa shape index (κ2) is 5.54. The van der Waals surface area contributed by atoms with E-state index in [-0.39, 0.29) is 0 Å². The van der Waals surface area contributed by atoms with E-state index in [2.05, 4.69) is 37.3 Å². The van der Waals surface area contributed by atoms with Crippen molar-refractivity contribution in [2.24, 2.45) is 0 Å². The van der Waals surface area contributed by atoms with Gasteiger partial charge in [0, 0.05) is 28.8 Å². The van der Waals surface area contributed by atoms with Crippen molar-refractivity contribution in [2.45, 2.75) is 6.54 Å². The Morgan fingerprint density at radius 2 is 2.25 bits per heavy atom. The van der Waals surface area contributed by atoms with Gasteiger partial charge in [-0.05, 0) is 35.9 Å². The van der Waals surface area contributed by atoms with Crippen LogP contribution >= 0.6 is 15.9 Å². The molecule has 0 fully saturated rings. The number of aromatic nitrogens is 2. The van der Waals surface area contributed by atoms with Crippen molar-refractivity contribution in [3.05, 3.63) is 52.8 Å². The summed E-state index contributed by atoms with van der Waals surface area (Å²) in [5, 5.41) is 4.53. The molecule has 0 radical (unpaired) electrons. The van der Waals surface area contributed by atoms with E-state index < -0.39 is 0 Å². The molecule has 1 aromatic carbocycles. The Bertz CT molecular complexity index is 739. The number of hydrogen-bond donors (Lipinski definition) is 2.